The molecule has 0 aliphatic rings. The second kappa shape index (κ2) is 10.1. The lowest BCUT2D eigenvalue weighted by atomic mass is 10.1. The van der Waals surface area contributed by atoms with E-state index in [1.807, 2.05) is 18.2 Å². The standard InChI is InChI=1S/C21H30O3/c1-4-6-8-15-23-18-12-10-11-17-13-14-19(22-3)21(20(17)18)24-16-9-7-5-2/h10-14H,4-9,15-16H2,1-3H3. The molecule has 0 atom stereocenters. The Kier molecular flexibility index (Phi) is 7.73. The lowest BCUT2D eigenvalue weighted by Crippen LogP contribution is -2.02. The molecule has 0 N–H and O–H groups in total. The minimum Gasteiger partial charge on any atom is -0.493 e. The average molecular weight is 330 g/mol. The summed E-state index contributed by atoms with van der Waals surface area (Å²) in [6.45, 7) is 5.83. The molecule has 24 heavy (non-hydrogen) atoms. The Morgan fingerprint density at radius 1 is 0.750 bits per heavy atom. The summed E-state index contributed by atoms with van der Waals surface area (Å²) in [5.74, 6) is 2.45. The number of rotatable bonds is 11. The molecule has 0 heterocycles. The Hall–Kier alpha value is -1.90. The average Bonchev–Trinajstić information content (AvgIpc) is 2.62. The van der Waals surface area contributed by atoms with Crippen LogP contribution in [0.3, 0.4) is 0 Å². The van der Waals surface area contributed by atoms with Crippen molar-refractivity contribution in [1.29, 1.82) is 0 Å². The number of unbranched alkanes of at least 4 members (excludes halogenated alkanes) is 4. The third-order valence-corrected chi connectivity index (χ3v) is 4.14. The Labute approximate surface area is 145 Å². The van der Waals surface area contributed by atoms with Gasteiger partial charge in [-0.05, 0) is 30.4 Å². The van der Waals surface area contributed by atoms with Crippen LogP contribution >= 0.6 is 0 Å². The van der Waals surface area contributed by atoms with Crippen molar-refractivity contribution in [3.63, 3.8) is 0 Å². The van der Waals surface area contributed by atoms with Gasteiger partial charge >= 0.3 is 0 Å². The lowest BCUT2D eigenvalue weighted by molar-refractivity contribution is 0.285. The van der Waals surface area contributed by atoms with Crippen LogP contribution in [0.25, 0.3) is 10.8 Å². The smallest absolute Gasteiger partial charge is 0.172 e. The fourth-order valence-electron chi connectivity index (χ4n) is 2.78. The van der Waals surface area contributed by atoms with Gasteiger partial charge in [0.1, 0.15) is 5.75 Å². The van der Waals surface area contributed by atoms with Crippen molar-refractivity contribution in [1.82, 2.24) is 0 Å². The van der Waals surface area contributed by atoms with Crippen LogP contribution in [0.2, 0.25) is 0 Å². The van der Waals surface area contributed by atoms with Crippen molar-refractivity contribution in [2.45, 2.75) is 52.4 Å². The number of hydrogen-bond donors (Lipinski definition) is 0. The summed E-state index contributed by atoms with van der Waals surface area (Å²) in [4.78, 5) is 0. The first-order valence-electron chi connectivity index (χ1n) is 9.17. The summed E-state index contributed by atoms with van der Waals surface area (Å²) >= 11 is 0. The second-order valence-electron chi connectivity index (χ2n) is 6.06. The van der Waals surface area contributed by atoms with Crippen LogP contribution in [-0.2, 0) is 0 Å². The van der Waals surface area contributed by atoms with Crippen molar-refractivity contribution in [3.8, 4) is 17.2 Å². The van der Waals surface area contributed by atoms with E-state index in [0.29, 0.717) is 6.61 Å². The molecule has 0 bridgehead atoms. The molecular formula is C21H30O3. The van der Waals surface area contributed by atoms with Gasteiger partial charge in [-0.1, -0.05) is 57.7 Å². The topological polar surface area (TPSA) is 27.7 Å². The summed E-state index contributed by atoms with van der Waals surface area (Å²) in [6.07, 6.45) is 6.86. The molecule has 3 nitrogen and oxygen atoms in total. The number of ether oxygens (including phenoxy) is 3. The van der Waals surface area contributed by atoms with Gasteiger partial charge in [-0.15, -0.1) is 0 Å². The van der Waals surface area contributed by atoms with Gasteiger partial charge < -0.3 is 14.2 Å². The van der Waals surface area contributed by atoms with Crippen molar-refractivity contribution < 1.29 is 14.2 Å². The Morgan fingerprint density at radius 2 is 1.46 bits per heavy atom. The minimum absolute atomic E-state index is 0.702. The lowest BCUT2D eigenvalue weighted by Gasteiger charge is -2.16. The molecule has 0 saturated carbocycles. The monoisotopic (exact) mass is 330 g/mol. The van der Waals surface area contributed by atoms with Crippen molar-refractivity contribution in [3.05, 3.63) is 30.3 Å². The fraction of sp³-hybridized carbons (Fsp3) is 0.524. The molecule has 0 aliphatic carbocycles. The van der Waals surface area contributed by atoms with Crippen molar-refractivity contribution >= 4 is 10.8 Å². The molecule has 132 valence electrons. The molecule has 0 radical (unpaired) electrons. The van der Waals surface area contributed by atoms with E-state index >= 15 is 0 Å². The number of fused-ring (bicyclic) bond motifs is 1. The summed E-state index contributed by atoms with van der Waals surface area (Å²) in [5.41, 5.74) is 0. The first-order chi connectivity index (χ1) is 11.8. The Balaban J connectivity index is 2.28. The molecule has 0 saturated heterocycles. The first kappa shape index (κ1) is 18.4. The van der Waals surface area contributed by atoms with E-state index in [-0.39, 0.29) is 0 Å². The summed E-state index contributed by atoms with van der Waals surface area (Å²) in [5, 5.41) is 2.14. The highest BCUT2D eigenvalue weighted by Crippen LogP contribution is 2.41. The van der Waals surface area contributed by atoms with Crippen LogP contribution in [0.5, 0.6) is 17.2 Å². The summed E-state index contributed by atoms with van der Waals surface area (Å²) < 4.78 is 17.7. The van der Waals surface area contributed by atoms with E-state index in [4.69, 9.17) is 14.2 Å². The number of methoxy groups -OCH3 is 1. The molecule has 0 aliphatic heterocycles. The maximum atomic E-state index is 6.11. The Bertz CT molecular complexity index is 622. The van der Waals surface area contributed by atoms with Crippen LogP contribution in [-0.4, -0.2) is 20.3 Å². The highest BCUT2D eigenvalue weighted by Gasteiger charge is 2.14. The summed E-state index contributed by atoms with van der Waals surface area (Å²) in [6, 6.07) is 10.2. The van der Waals surface area contributed by atoms with E-state index < -0.39 is 0 Å². The van der Waals surface area contributed by atoms with Crippen molar-refractivity contribution in [2.24, 2.45) is 0 Å². The Morgan fingerprint density at radius 3 is 2.12 bits per heavy atom. The van der Waals surface area contributed by atoms with Crippen molar-refractivity contribution in [2.75, 3.05) is 20.3 Å². The fourth-order valence-corrected chi connectivity index (χ4v) is 2.78. The van der Waals surface area contributed by atoms with Gasteiger partial charge in [-0.25, -0.2) is 0 Å². The maximum Gasteiger partial charge on any atom is 0.172 e. The molecule has 0 fully saturated rings. The SMILES string of the molecule is CCCCCOc1cccc2ccc(OC)c(OCCCCC)c12. The van der Waals surface area contributed by atoms with Gasteiger partial charge in [0.2, 0.25) is 0 Å². The zero-order chi connectivity index (χ0) is 17.2. The highest BCUT2D eigenvalue weighted by molar-refractivity contribution is 5.95. The normalized spacial score (nSPS) is 10.8. The van der Waals surface area contributed by atoms with E-state index in [0.717, 1.165) is 47.5 Å². The molecule has 2 aromatic carbocycles. The van der Waals surface area contributed by atoms with Crippen LogP contribution in [0.4, 0.5) is 0 Å². The second-order valence-corrected chi connectivity index (χ2v) is 6.06. The van der Waals surface area contributed by atoms with Gasteiger partial charge in [-0.3, -0.25) is 0 Å². The molecule has 2 rings (SSSR count). The van der Waals surface area contributed by atoms with Gasteiger partial charge in [0, 0.05) is 0 Å². The highest BCUT2D eigenvalue weighted by atomic mass is 16.5. The quantitative estimate of drug-likeness (QED) is 0.474. The van der Waals surface area contributed by atoms with E-state index in [9.17, 15) is 0 Å². The number of benzene rings is 2. The molecule has 0 amide bonds. The van der Waals surface area contributed by atoms with E-state index in [1.165, 1.54) is 25.7 Å². The van der Waals surface area contributed by atoms with Gasteiger partial charge in [0.05, 0.1) is 25.7 Å². The largest absolute Gasteiger partial charge is 0.493 e. The molecule has 3 heteroatoms. The molecule has 0 spiro atoms. The molecular weight excluding hydrogens is 300 g/mol. The van der Waals surface area contributed by atoms with Crippen LogP contribution < -0.4 is 14.2 Å². The van der Waals surface area contributed by atoms with Gasteiger partial charge in [0.25, 0.3) is 0 Å². The third-order valence-electron chi connectivity index (χ3n) is 4.14. The predicted octanol–water partition coefficient (Wildman–Crippen LogP) is 5.99. The third kappa shape index (κ3) is 4.80. The molecule has 0 unspecified atom stereocenters. The van der Waals surface area contributed by atoms with E-state index in [1.54, 1.807) is 7.11 Å². The molecule has 0 aromatic heterocycles. The molecule has 2 aromatic rings. The van der Waals surface area contributed by atoms with Gasteiger partial charge in [0.15, 0.2) is 11.5 Å². The zero-order valence-electron chi connectivity index (χ0n) is 15.3. The minimum atomic E-state index is 0.702. The number of hydrogen-bond acceptors (Lipinski definition) is 3. The van der Waals surface area contributed by atoms with E-state index in [2.05, 4.69) is 26.0 Å². The van der Waals surface area contributed by atoms with Gasteiger partial charge in [-0.2, -0.15) is 0 Å². The summed E-state index contributed by atoms with van der Waals surface area (Å²) in [7, 11) is 1.69. The predicted molar refractivity (Wildman–Crippen MR) is 101 cm³/mol. The maximum absolute atomic E-state index is 6.11. The first-order valence-corrected chi connectivity index (χ1v) is 9.17. The van der Waals surface area contributed by atoms with Crippen LogP contribution in [0.1, 0.15) is 52.4 Å². The van der Waals surface area contributed by atoms with Crippen LogP contribution in [0, 0.1) is 0 Å². The van der Waals surface area contributed by atoms with Crippen LogP contribution in [0.15, 0.2) is 30.3 Å². The zero-order valence-corrected chi connectivity index (χ0v) is 15.3.